The average Bonchev–Trinajstić information content (AvgIpc) is 2.41. The van der Waals surface area contributed by atoms with Crippen LogP contribution in [0.1, 0.15) is 32.6 Å². The first-order valence-electron chi connectivity index (χ1n) is 6.54. The van der Waals surface area contributed by atoms with Crippen LogP contribution in [0.5, 0.6) is 0 Å². The van der Waals surface area contributed by atoms with Crippen molar-refractivity contribution in [2.75, 3.05) is 0 Å². The van der Waals surface area contributed by atoms with Gasteiger partial charge in [-0.25, -0.2) is 0 Å². The SMILES string of the molecule is Cc1ccc(C)c(C(=O)Cc2ccc(C(F)(F)F)cc2)c1. The number of Topliss-reactive ketones (excluding diaryl/α,β-unsaturated/α-hetero) is 1. The molecular weight excluding hydrogens is 277 g/mol. The molecule has 0 atom stereocenters. The molecule has 0 aromatic heterocycles. The molecular formula is C17H15F3O. The second-order valence-electron chi connectivity index (χ2n) is 5.11. The molecule has 0 saturated heterocycles. The minimum Gasteiger partial charge on any atom is -0.294 e. The van der Waals surface area contributed by atoms with Gasteiger partial charge in [-0.1, -0.05) is 29.8 Å². The molecule has 2 rings (SSSR count). The Balaban J connectivity index is 2.18. The van der Waals surface area contributed by atoms with Crippen LogP contribution in [0.3, 0.4) is 0 Å². The minimum atomic E-state index is -4.35. The Hall–Kier alpha value is -2.10. The highest BCUT2D eigenvalue weighted by Crippen LogP contribution is 2.29. The van der Waals surface area contributed by atoms with Gasteiger partial charge in [0.05, 0.1) is 5.56 Å². The van der Waals surface area contributed by atoms with Crippen molar-refractivity contribution in [1.29, 1.82) is 0 Å². The molecule has 2 aromatic rings. The number of aryl methyl sites for hydroxylation is 2. The molecule has 0 N–H and O–H groups in total. The number of halogens is 3. The van der Waals surface area contributed by atoms with Crippen molar-refractivity contribution < 1.29 is 18.0 Å². The van der Waals surface area contributed by atoms with Gasteiger partial charge in [0.1, 0.15) is 0 Å². The van der Waals surface area contributed by atoms with Crippen molar-refractivity contribution in [3.63, 3.8) is 0 Å². The van der Waals surface area contributed by atoms with E-state index in [0.717, 1.165) is 23.3 Å². The van der Waals surface area contributed by atoms with Crippen LogP contribution in [-0.4, -0.2) is 5.78 Å². The molecule has 0 aliphatic heterocycles. The zero-order chi connectivity index (χ0) is 15.6. The predicted molar refractivity (Wildman–Crippen MR) is 75.4 cm³/mol. The quantitative estimate of drug-likeness (QED) is 0.746. The van der Waals surface area contributed by atoms with Gasteiger partial charge in [-0.05, 0) is 43.2 Å². The number of carbonyl (C=O) groups excluding carboxylic acids is 1. The first-order valence-corrected chi connectivity index (χ1v) is 6.54. The number of carbonyl (C=O) groups is 1. The van der Waals surface area contributed by atoms with Crippen LogP contribution >= 0.6 is 0 Å². The maximum Gasteiger partial charge on any atom is 0.416 e. The van der Waals surface area contributed by atoms with Gasteiger partial charge in [0.15, 0.2) is 5.78 Å². The third kappa shape index (κ3) is 3.72. The molecule has 0 saturated carbocycles. The van der Waals surface area contributed by atoms with Crippen molar-refractivity contribution in [2.24, 2.45) is 0 Å². The van der Waals surface area contributed by atoms with Crippen molar-refractivity contribution in [2.45, 2.75) is 26.4 Å². The number of rotatable bonds is 3. The Kier molecular flexibility index (Phi) is 4.16. The van der Waals surface area contributed by atoms with Gasteiger partial charge in [0.2, 0.25) is 0 Å². The molecule has 0 fully saturated rings. The summed E-state index contributed by atoms with van der Waals surface area (Å²) in [6.45, 7) is 3.74. The third-order valence-corrected chi connectivity index (χ3v) is 3.34. The maximum atomic E-state index is 12.5. The fraction of sp³-hybridized carbons (Fsp3) is 0.235. The lowest BCUT2D eigenvalue weighted by atomic mass is 9.97. The van der Waals surface area contributed by atoms with Crippen molar-refractivity contribution in [3.8, 4) is 0 Å². The van der Waals surface area contributed by atoms with E-state index in [4.69, 9.17) is 0 Å². The van der Waals surface area contributed by atoms with Crippen LogP contribution in [0.2, 0.25) is 0 Å². The maximum absolute atomic E-state index is 12.5. The summed E-state index contributed by atoms with van der Waals surface area (Å²) < 4.78 is 37.4. The highest BCUT2D eigenvalue weighted by atomic mass is 19.4. The van der Waals surface area contributed by atoms with Crippen molar-refractivity contribution in [1.82, 2.24) is 0 Å². The van der Waals surface area contributed by atoms with E-state index in [0.29, 0.717) is 11.1 Å². The Morgan fingerprint density at radius 1 is 1.00 bits per heavy atom. The van der Waals surface area contributed by atoms with Gasteiger partial charge in [-0.15, -0.1) is 0 Å². The van der Waals surface area contributed by atoms with E-state index in [-0.39, 0.29) is 12.2 Å². The van der Waals surface area contributed by atoms with Crippen LogP contribution in [-0.2, 0) is 12.6 Å². The number of hydrogen-bond acceptors (Lipinski definition) is 1. The van der Waals surface area contributed by atoms with E-state index in [2.05, 4.69) is 0 Å². The van der Waals surface area contributed by atoms with E-state index in [1.165, 1.54) is 12.1 Å². The molecule has 0 unspecified atom stereocenters. The lowest BCUT2D eigenvalue weighted by Crippen LogP contribution is -2.08. The second-order valence-corrected chi connectivity index (χ2v) is 5.11. The fourth-order valence-electron chi connectivity index (χ4n) is 2.13. The number of alkyl halides is 3. The Labute approximate surface area is 121 Å². The van der Waals surface area contributed by atoms with Crippen LogP contribution in [0, 0.1) is 13.8 Å². The van der Waals surface area contributed by atoms with E-state index >= 15 is 0 Å². The van der Waals surface area contributed by atoms with E-state index < -0.39 is 11.7 Å². The molecule has 0 aliphatic rings. The van der Waals surface area contributed by atoms with Crippen molar-refractivity contribution >= 4 is 5.78 Å². The summed E-state index contributed by atoms with van der Waals surface area (Å²) in [4.78, 5) is 12.2. The van der Waals surface area contributed by atoms with Gasteiger partial charge < -0.3 is 0 Å². The lowest BCUT2D eigenvalue weighted by molar-refractivity contribution is -0.137. The molecule has 0 radical (unpaired) electrons. The minimum absolute atomic E-state index is 0.0871. The fourth-order valence-corrected chi connectivity index (χ4v) is 2.13. The molecule has 0 bridgehead atoms. The molecule has 21 heavy (non-hydrogen) atoms. The van der Waals surface area contributed by atoms with Crippen LogP contribution in [0.25, 0.3) is 0 Å². The van der Waals surface area contributed by atoms with E-state index in [1.54, 1.807) is 0 Å². The average molecular weight is 292 g/mol. The first kappa shape index (κ1) is 15.3. The molecule has 0 spiro atoms. The summed E-state index contributed by atoms with van der Waals surface area (Å²) in [5.74, 6) is -0.0871. The van der Waals surface area contributed by atoms with Crippen LogP contribution in [0.15, 0.2) is 42.5 Å². The van der Waals surface area contributed by atoms with Gasteiger partial charge in [-0.2, -0.15) is 13.2 Å². The molecule has 2 aromatic carbocycles. The molecule has 0 heterocycles. The zero-order valence-corrected chi connectivity index (χ0v) is 11.8. The summed E-state index contributed by atoms with van der Waals surface area (Å²) in [5.41, 5.74) is 2.35. The van der Waals surface area contributed by atoms with Gasteiger partial charge in [-0.3, -0.25) is 4.79 Å². The van der Waals surface area contributed by atoms with E-state index in [1.807, 2.05) is 32.0 Å². The van der Waals surface area contributed by atoms with Crippen LogP contribution in [0.4, 0.5) is 13.2 Å². The number of ketones is 1. The molecule has 0 aliphatic carbocycles. The highest BCUT2D eigenvalue weighted by molar-refractivity contribution is 5.98. The monoisotopic (exact) mass is 292 g/mol. The molecule has 110 valence electrons. The molecule has 1 nitrogen and oxygen atoms in total. The van der Waals surface area contributed by atoms with Gasteiger partial charge >= 0.3 is 6.18 Å². The standard InChI is InChI=1S/C17H15F3O/c1-11-3-4-12(2)15(9-11)16(21)10-13-5-7-14(8-6-13)17(18,19)20/h3-9H,10H2,1-2H3. The molecule has 0 amide bonds. The Bertz CT molecular complexity index is 655. The normalized spacial score (nSPS) is 11.5. The van der Waals surface area contributed by atoms with Crippen LogP contribution < -0.4 is 0 Å². The largest absolute Gasteiger partial charge is 0.416 e. The summed E-state index contributed by atoms with van der Waals surface area (Å²) in [6, 6.07) is 10.3. The third-order valence-electron chi connectivity index (χ3n) is 3.34. The second kappa shape index (κ2) is 5.72. The van der Waals surface area contributed by atoms with E-state index in [9.17, 15) is 18.0 Å². The van der Waals surface area contributed by atoms with Gasteiger partial charge in [0.25, 0.3) is 0 Å². The number of hydrogen-bond donors (Lipinski definition) is 0. The topological polar surface area (TPSA) is 17.1 Å². The predicted octanol–water partition coefficient (Wildman–Crippen LogP) is 4.75. The summed E-state index contributed by atoms with van der Waals surface area (Å²) in [6.07, 6.45) is -4.25. The van der Waals surface area contributed by atoms with Crippen molar-refractivity contribution in [3.05, 3.63) is 70.3 Å². The number of benzene rings is 2. The molecule has 4 heteroatoms. The first-order chi connectivity index (χ1) is 9.77. The summed E-state index contributed by atoms with van der Waals surface area (Å²) in [5, 5.41) is 0. The Morgan fingerprint density at radius 3 is 2.19 bits per heavy atom. The lowest BCUT2D eigenvalue weighted by Gasteiger charge is -2.09. The summed E-state index contributed by atoms with van der Waals surface area (Å²) >= 11 is 0. The Morgan fingerprint density at radius 2 is 1.62 bits per heavy atom. The smallest absolute Gasteiger partial charge is 0.294 e. The zero-order valence-electron chi connectivity index (χ0n) is 11.8. The summed E-state index contributed by atoms with van der Waals surface area (Å²) in [7, 11) is 0. The van der Waals surface area contributed by atoms with Gasteiger partial charge in [0, 0.05) is 12.0 Å². The highest BCUT2D eigenvalue weighted by Gasteiger charge is 2.29.